The van der Waals surface area contributed by atoms with Crippen molar-refractivity contribution in [2.75, 3.05) is 0 Å². The zero-order valence-corrected chi connectivity index (χ0v) is 14.0. The third-order valence-corrected chi connectivity index (χ3v) is 5.13. The monoisotopic (exact) mass is 326 g/mol. The maximum atomic E-state index is 12.5. The van der Waals surface area contributed by atoms with Gasteiger partial charge in [-0.3, -0.25) is 4.79 Å². The lowest BCUT2D eigenvalue weighted by atomic mass is 9.88. The van der Waals surface area contributed by atoms with E-state index in [4.69, 9.17) is 5.73 Å². The summed E-state index contributed by atoms with van der Waals surface area (Å²) in [5.74, 6) is 0.160. The van der Waals surface area contributed by atoms with Crippen LogP contribution in [0, 0.1) is 5.92 Å². The molecule has 1 heterocycles. The van der Waals surface area contributed by atoms with Crippen LogP contribution >= 0.6 is 0 Å². The molecule has 1 fully saturated rings. The SMILES string of the molecule is NC(c1ccn(Cc2ccccc2)c(=O)c1O)C1CCCCCC1. The molecule has 0 bridgehead atoms. The summed E-state index contributed by atoms with van der Waals surface area (Å²) in [5, 5.41) is 10.4. The molecule has 0 radical (unpaired) electrons. The number of hydrogen-bond acceptors (Lipinski definition) is 3. The molecule has 3 rings (SSSR count). The summed E-state index contributed by atoms with van der Waals surface area (Å²) in [5.41, 5.74) is 7.66. The fourth-order valence-corrected chi connectivity index (χ4v) is 3.67. The van der Waals surface area contributed by atoms with E-state index in [9.17, 15) is 9.90 Å². The third-order valence-electron chi connectivity index (χ3n) is 5.13. The number of aromatic hydroxyl groups is 1. The summed E-state index contributed by atoms with van der Waals surface area (Å²) in [6.45, 7) is 0.451. The summed E-state index contributed by atoms with van der Waals surface area (Å²) in [6.07, 6.45) is 8.79. The van der Waals surface area contributed by atoms with Gasteiger partial charge in [0.2, 0.25) is 0 Å². The summed E-state index contributed by atoms with van der Waals surface area (Å²) in [4.78, 5) is 12.5. The number of nitrogens with two attached hydrogens (primary N) is 1. The van der Waals surface area contributed by atoms with Crippen LogP contribution in [0.15, 0.2) is 47.4 Å². The topological polar surface area (TPSA) is 68.2 Å². The first kappa shape index (κ1) is 16.8. The van der Waals surface area contributed by atoms with Crippen LogP contribution in [0.3, 0.4) is 0 Å². The molecule has 1 unspecified atom stereocenters. The molecule has 4 nitrogen and oxygen atoms in total. The second-order valence-electron chi connectivity index (χ2n) is 6.82. The van der Waals surface area contributed by atoms with Gasteiger partial charge in [0.25, 0.3) is 5.56 Å². The van der Waals surface area contributed by atoms with Crippen LogP contribution in [-0.2, 0) is 6.54 Å². The summed E-state index contributed by atoms with van der Waals surface area (Å²) in [6, 6.07) is 11.3. The van der Waals surface area contributed by atoms with Crippen molar-refractivity contribution < 1.29 is 5.11 Å². The Morgan fingerprint density at radius 3 is 2.42 bits per heavy atom. The van der Waals surface area contributed by atoms with Crippen molar-refractivity contribution in [2.24, 2.45) is 11.7 Å². The third kappa shape index (κ3) is 3.70. The molecule has 0 spiro atoms. The Labute approximate surface area is 142 Å². The van der Waals surface area contributed by atoms with Gasteiger partial charge < -0.3 is 15.4 Å². The number of aromatic nitrogens is 1. The van der Waals surface area contributed by atoms with Gasteiger partial charge in [0.15, 0.2) is 5.75 Å². The van der Waals surface area contributed by atoms with E-state index in [1.165, 1.54) is 30.3 Å². The van der Waals surface area contributed by atoms with Crippen molar-refractivity contribution in [2.45, 2.75) is 51.1 Å². The molecule has 1 atom stereocenters. The van der Waals surface area contributed by atoms with Crippen molar-refractivity contribution in [1.82, 2.24) is 4.57 Å². The zero-order valence-electron chi connectivity index (χ0n) is 14.0. The molecule has 0 aliphatic heterocycles. The standard InChI is InChI=1S/C20H26N2O2/c21-18(16-10-6-1-2-7-11-16)17-12-13-22(20(24)19(17)23)14-15-8-4-3-5-9-15/h3-5,8-9,12-13,16,18,23H,1-2,6-7,10-11,14,21H2. The second kappa shape index (κ2) is 7.67. The minimum atomic E-state index is -0.361. The van der Waals surface area contributed by atoms with Crippen LogP contribution < -0.4 is 11.3 Å². The smallest absolute Gasteiger partial charge is 0.293 e. The maximum absolute atomic E-state index is 12.5. The van der Waals surface area contributed by atoms with E-state index in [-0.39, 0.29) is 17.4 Å². The Morgan fingerprint density at radius 2 is 1.75 bits per heavy atom. The zero-order chi connectivity index (χ0) is 16.9. The summed E-state index contributed by atoms with van der Waals surface area (Å²) < 4.78 is 1.54. The van der Waals surface area contributed by atoms with E-state index in [1.807, 2.05) is 36.4 Å². The van der Waals surface area contributed by atoms with Crippen LogP contribution in [0.1, 0.15) is 55.7 Å². The Kier molecular flexibility index (Phi) is 5.36. The first-order valence-electron chi connectivity index (χ1n) is 8.88. The lowest BCUT2D eigenvalue weighted by Gasteiger charge is -2.23. The Hall–Kier alpha value is -2.07. The van der Waals surface area contributed by atoms with Crippen LogP contribution in [0.4, 0.5) is 0 Å². The van der Waals surface area contributed by atoms with Crippen LogP contribution in [0.25, 0.3) is 0 Å². The molecule has 24 heavy (non-hydrogen) atoms. The van der Waals surface area contributed by atoms with Crippen molar-refractivity contribution >= 4 is 0 Å². The fraction of sp³-hybridized carbons (Fsp3) is 0.450. The van der Waals surface area contributed by atoms with E-state index in [2.05, 4.69) is 0 Å². The number of pyridine rings is 1. The average molecular weight is 326 g/mol. The number of benzene rings is 1. The maximum Gasteiger partial charge on any atom is 0.293 e. The predicted molar refractivity (Wildman–Crippen MR) is 96.0 cm³/mol. The van der Waals surface area contributed by atoms with Gasteiger partial charge in [-0.15, -0.1) is 0 Å². The second-order valence-corrected chi connectivity index (χ2v) is 6.82. The molecule has 1 saturated carbocycles. The number of hydrogen-bond donors (Lipinski definition) is 2. The predicted octanol–water partition coefficient (Wildman–Crippen LogP) is 3.57. The van der Waals surface area contributed by atoms with Gasteiger partial charge in [-0.1, -0.05) is 56.0 Å². The molecule has 4 heteroatoms. The van der Waals surface area contributed by atoms with Gasteiger partial charge >= 0.3 is 0 Å². The van der Waals surface area contributed by atoms with E-state index in [1.54, 1.807) is 6.20 Å². The molecular formula is C20H26N2O2. The average Bonchev–Trinajstić information content (AvgIpc) is 2.89. The Morgan fingerprint density at radius 1 is 1.08 bits per heavy atom. The minimum absolute atomic E-state index is 0.190. The molecule has 1 aromatic heterocycles. The Bertz CT molecular complexity index is 716. The van der Waals surface area contributed by atoms with Crippen molar-refractivity contribution in [3.63, 3.8) is 0 Å². The summed E-state index contributed by atoms with van der Waals surface area (Å²) in [7, 11) is 0. The highest BCUT2D eigenvalue weighted by Gasteiger charge is 2.24. The largest absolute Gasteiger partial charge is 0.503 e. The highest BCUT2D eigenvalue weighted by Crippen LogP contribution is 2.34. The van der Waals surface area contributed by atoms with Crippen molar-refractivity contribution in [3.8, 4) is 5.75 Å². The molecule has 0 amide bonds. The first-order chi connectivity index (χ1) is 11.7. The van der Waals surface area contributed by atoms with Gasteiger partial charge in [0.1, 0.15) is 0 Å². The van der Waals surface area contributed by atoms with Crippen LogP contribution in [0.5, 0.6) is 5.75 Å². The summed E-state index contributed by atoms with van der Waals surface area (Å²) >= 11 is 0. The van der Waals surface area contributed by atoms with Crippen LogP contribution in [0.2, 0.25) is 0 Å². The molecule has 128 valence electrons. The lowest BCUT2D eigenvalue weighted by Crippen LogP contribution is -2.26. The molecule has 1 aromatic carbocycles. The first-order valence-corrected chi connectivity index (χ1v) is 8.88. The van der Waals surface area contributed by atoms with Gasteiger partial charge in [0, 0.05) is 17.8 Å². The molecule has 1 aliphatic rings. The van der Waals surface area contributed by atoms with Crippen LogP contribution in [-0.4, -0.2) is 9.67 Å². The molecule has 1 aliphatic carbocycles. The molecule has 2 aromatic rings. The van der Waals surface area contributed by atoms with Gasteiger partial charge in [-0.05, 0) is 30.4 Å². The highest BCUT2D eigenvalue weighted by atomic mass is 16.3. The van der Waals surface area contributed by atoms with Gasteiger partial charge in [-0.2, -0.15) is 0 Å². The van der Waals surface area contributed by atoms with Crippen molar-refractivity contribution in [3.05, 3.63) is 64.1 Å². The highest BCUT2D eigenvalue weighted by molar-refractivity contribution is 5.33. The van der Waals surface area contributed by atoms with E-state index in [0.29, 0.717) is 18.0 Å². The van der Waals surface area contributed by atoms with E-state index < -0.39 is 0 Å². The lowest BCUT2D eigenvalue weighted by molar-refractivity contribution is 0.365. The molecule has 0 saturated heterocycles. The Balaban J connectivity index is 1.82. The molecular weight excluding hydrogens is 300 g/mol. The quantitative estimate of drug-likeness (QED) is 0.844. The normalized spacial score (nSPS) is 17.4. The van der Waals surface area contributed by atoms with Gasteiger partial charge in [-0.25, -0.2) is 0 Å². The number of rotatable bonds is 4. The van der Waals surface area contributed by atoms with E-state index >= 15 is 0 Å². The fourth-order valence-electron chi connectivity index (χ4n) is 3.67. The molecule has 3 N–H and O–H groups in total. The van der Waals surface area contributed by atoms with Crippen molar-refractivity contribution in [1.29, 1.82) is 0 Å². The minimum Gasteiger partial charge on any atom is -0.503 e. The van der Waals surface area contributed by atoms with E-state index in [0.717, 1.165) is 18.4 Å². The number of nitrogens with zero attached hydrogens (tertiary/aromatic N) is 1. The van der Waals surface area contributed by atoms with Gasteiger partial charge in [0.05, 0.1) is 6.54 Å².